The molecule has 3 aliphatic rings. The molecule has 39 heavy (non-hydrogen) atoms. The van der Waals surface area contributed by atoms with E-state index in [-0.39, 0.29) is 18.4 Å². The van der Waals surface area contributed by atoms with Crippen molar-refractivity contribution in [2.75, 3.05) is 18.4 Å². The number of anilines is 1. The number of amides is 2. The summed E-state index contributed by atoms with van der Waals surface area (Å²) >= 11 is 0. The van der Waals surface area contributed by atoms with Gasteiger partial charge >= 0.3 is 0 Å². The van der Waals surface area contributed by atoms with E-state index < -0.39 is 28.1 Å². The second-order valence-electron chi connectivity index (χ2n) is 11.5. The number of halogens is 2. The number of pyridine rings is 1. The summed E-state index contributed by atoms with van der Waals surface area (Å²) in [4.78, 5) is 32.5. The van der Waals surface area contributed by atoms with E-state index in [1.165, 1.54) is 12.1 Å². The molecule has 0 unspecified atom stereocenters. The van der Waals surface area contributed by atoms with Crippen LogP contribution in [0.4, 0.5) is 14.6 Å². The van der Waals surface area contributed by atoms with Crippen LogP contribution in [0.15, 0.2) is 60.8 Å². The quantitative estimate of drug-likeness (QED) is 0.524. The van der Waals surface area contributed by atoms with Crippen LogP contribution >= 0.6 is 0 Å². The van der Waals surface area contributed by atoms with Gasteiger partial charge in [-0.1, -0.05) is 36.4 Å². The van der Waals surface area contributed by atoms with Crippen LogP contribution in [0.5, 0.6) is 0 Å². The zero-order valence-corrected chi connectivity index (χ0v) is 22.1. The van der Waals surface area contributed by atoms with Gasteiger partial charge < -0.3 is 15.5 Å². The molecule has 3 aromatic rings. The fraction of sp³-hybridized carbons (Fsp3) is 0.323. The number of hydrogen-bond donors (Lipinski definition) is 2. The third kappa shape index (κ3) is 4.05. The van der Waals surface area contributed by atoms with Crippen molar-refractivity contribution in [2.24, 2.45) is 0 Å². The zero-order chi connectivity index (χ0) is 27.6. The maximum atomic E-state index is 14.1. The number of hydrogen-bond acceptors (Lipinski definition) is 4. The molecule has 1 saturated heterocycles. The second-order valence-corrected chi connectivity index (χ2v) is 11.5. The Morgan fingerprint density at radius 3 is 2.51 bits per heavy atom. The first-order valence-corrected chi connectivity index (χ1v) is 13.1. The van der Waals surface area contributed by atoms with Gasteiger partial charge in [0.2, 0.25) is 11.8 Å². The molecule has 2 atom stereocenters. The molecule has 200 valence electrons. The van der Waals surface area contributed by atoms with Crippen LogP contribution in [0.25, 0.3) is 6.08 Å². The first-order valence-electron chi connectivity index (χ1n) is 13.1. The third-order valence-corrected chi connectivity index (χ3v) is 8.54. The minimum Gasteiger partial charge on any atom is -0.327 e. The second kappa shape index (κ2) is 8.81. The van der Waals surface area contributed by atoms with Crippen molar-refractivity contribution >= 4 is 23.7 Å². The summed E-state index contributed by atoms with van der Waals surface area (Å²) in [6, 6.07) is 13.4. The van der Waals surface area contributed by atoms with E-state index in [4.69, 9.17) is 0 Å². The van der Waals surface area contributed by atoms with E-state index in [2.05, 4.69) is 27.8 Å². The van der Waals surface area contributed by atoms with E-state index in [0.717, 1.165) is 28.3 Å². The highest BCUT2D eigenvalue weighted by Crippen LogP contribution is 2.46. The number of nitrogens with zero attached hydrogens (tertiary/aromatic N) is 2. The minimum atomic E-state index is -0.943. The monoisotopic (exact) mass is 528 g/mol. The average Bonchev–Trinajstić information content (AvgIpc) is 3.40. The number of carbonyl (C=O) groups excluding carboxylic acids is 2. The van der Waals surface area contributed by atoms with E-state index >= 15 is 0 Å². The van der Waals surface area contributed by atoms with Gasteiger partial charge in [-0.25, -0.2) is 13.8 Å². The lowest BCUT2D eigenvalue weighted by atomic mass is 9.79. The van der Waals surface area contributed by atoms with Crippen LogP contribution in [0, 0.1) is 11.6 Å². The minimum absolute atomic E-state index is 0.0163. The first kappa shape index (κ1) is 25.4. The Bertz CT molecular complexity index is 1530. The predicted molar refractivity (Wildman–Crippen MR) is 145 cm³/mol. The lowest BCUT2D eigenvalue weighted by Crippen LogP contribution is -2.68. The van der Waals surface area contributed by atoms with Crippen molar-refractivity contribution in [1.82, 2.24) is 15.2 Å². The van der Waals surface area contributed by atoms with Crippen molar-refractivity contribution in [3.8, 4) is 0 Å². The standard InChI is InChI=1S/C31H30F2N4O2/c1-29(2)28(39)37(30(3,18-35-29)22-13-23(32)15-24(33)14-22)11-5-6-19-8-9-20-16-31(17-21(20)12-19)25-7-4-10-34-26(25)36-27(31)38/h4-10,12-15,35H,11,16-18H2,1-3H3,(H,34,36,38)/t30-,31+/m0/s1. The molecule has 0 bridgehead atoms. The molecule has 1 fully saturated rings. The van der Waals surface area contributed by atoms with E-state index in [1.54, 1.807) is 24.9 Å². The summed E-state index contributed by atoms with van der Waals surface area (Å²) < 4.78 is 28.2. The van der Waals surface area contributed by atoms with Crippen molar-refractivity contribution in [2.45, 2.75) is 50.1 Å². The van der Waals surface area contributed by atoms with Crippen LogP contribution in [0.1, 0.15) is 48.6 Å². The van der Waals surface area contributed by atoms with Crippen molar-refractivity contribution in [1.29, 1.82) is 0 Å². The maximum Gasteiger partial charge on any atom is 0.243 e. The predicted octanol–water partition coefficient (Wildman–Crippen LogP) is 4.49. The molecule has 0 radical (unpaired) electrons. The molecule has 1 aromatic heterocycles. The lowest BCUT2D eigenvalue weighted by molar-refractivity contribution is -0.148. The number of nitrogens with one attached hydrogen (secondary N) is 2. The Morgan fingerprint density at radius 2 is 1.74 bits per heavy atom. The van der Waals surface area contributed by atoms with Crippen LogP contribution < -0.4 is 10.6 Å². The third-order valence-electron chi connectivity index (χ3n) is 8.54. The molecule has 2 N–H and O–H groups in total. The van der Waals surface area contributed by atoms with E-state index in [0.29, 0.717) is 30.8 Å². The topological polar surface area (TPSA) is 74.3 Å². The Balaban J connectivity index is 1.26. The largest absolute Gasteiger partial charge is 0.327 e. The lowest BCUT2D eigenvalue weighted by Gasteiger charge is -2.50. The molecule has 1 aliphatic carbocycles. The summed E-state index contributed by atoms with van der Waals surface area (Å²) in [5, 5.41) is 6.18. The van der Waals surface area contributed by atoms with Crippen LogP contribution in [0.3, 0.4) is 0 Å². The highest BCUT2D eigenvalue weighted by atomic mass is 19.1. The van der Waals surface area contributed by atoms with E-state index in [9.17, 15) is 18.4 Å². The molecule has 3 heterocycles. The normalized spacial score (nSPS) is 25.3. The van der Waals surface area contributed by atoms with Crippen molar-refractivity contribution in [3.63, 3.8) is 0 Å². The molecule has 8 heteroatoms. The molecular formula is C31H30F2N4O2. The van der Waals surface area contributed by atoms with Crippen molar-refractivity contribution in [3.05, 3.63) is 100 Å². The number of aromatic nitrogens is 1. The maximum absolute atomic E-state index is 14.1. The fourth-order valence-corrected chi connectivity index (χ4v) is 6.22. The molecular weight excluding hydrogens is 498 g/mol. The summed E-state index contributed by atoms with van der Waals surface area (Å²) in [5.74, 6) is -0.882. The van der Waals surface area contributed by atoms with Gasteiger partial charge in [0, 0.05) is 30.9 Å². The average molecular weight is 529 g/mol. The number of carbonyl (C=O) groups is 2. The molecule has 2 aliphatic heterocycles. The Hall–Kier alpha value is -3.91. The molecule has 2 amide bonds. The smallest absolute Gasteiger partial charge is 0.243 e. The summed E-state index contributed by atoms with van der Waals surface area (Å²) in [5.41, 5.74) is 2.16. The molecule has 6 rings (SSSR count). The summed E-state index contributed by atoms with van der Waals surface area (Å²) in [7, 11) is 0. The highest BCUT2D eigenvalue weighted by Gasteiger charge is 2.51. The summed E-state index contributed by atoms with van der Waals surface area (Å²) in [6.07, 6.45) is 6.76. The van der Waals surface area contributed by atoms with Gasteiger partial charge in [-0.05, 0) is 74.1 Å². The summed E-state index contributed by atoms with van der Waals surface area (Å²) in [6.45, 7) is 6.05. The zero-order valence-electron chi connectivity index (χ0n) is 22.1. The Morgan fingerprint density at radius 1 is 1.00 bits per heavy atom. The SMILES string of the molecule is CC1(C)NC[C@@](C)(c2cc(F)cc(F)c2)N(CC=Cc2ccc3c(c2)C[C@@]2(C3)C(=O)Nc3ncccc32)C1=O. The van der Waals surface area contributed by atoms with Gasteiger partial charge in [0.05, 0.1) is 16.5 Å². The van der Waals surface area contributed by atoms with Gasteiger partial charge in [-0.2, -0.15) is 0 Å². The van der Waals surface area contributed by atoms with Gasteiger partial charge in [-0.15, -0.1) is 0 Å². The van der Waals surface area contributed by atoms with Crippen LogP contribution in [-0.2, 0) is 33.4 Å². The van der Waals surface area contributed by atoms with Gasteiger partial charge in [0.1, 0.15) is 17.5 Å². The Labute approximate surface area is 226 Å². The van der Waals surface area contributed by atoms with Gasteiger partial charge in [-0.3, -0.25) is 9.59 Å². The highest BCUT2D eigenvalue weighted by molar-refractivity contribution is 6.06. The number of rotatable bonds is 4. The fourth-order valence-electron chi connectivity index (χ4n) is 6.22. The van der Waals surface area contributed by atoms with Crippen LogP contribution in [0.2, 0.25) is 0 Å². The van der Waals surface area contributed by atoms with Crippen LogP contribution in [-0.4, -0.2) is 40.3 Å². The van der Waals surface area contributed by atoms with E-state index in [1.807, 2.05) is 37.3 Å². The van der Waals surface area contributed by atoms with Crippen molar-refractivity contribution < 1.29 is 18.4 Å². The molecule has 6 nitrogen and oxygen atoms in total. The molecule has 2 aromatic carbocycles. The Kier molecular flexibility index (Phi) is 5.73. The van der Waals surface area contributed by atoms with Gasteiger partial charge in [0.25, 0.3) is 0 Å². The van der Waals surface area contributed by atoms with Gasteiger partial charge in [0.15, 0.2) is 0 Å². The number of benzene rings is 2. The number of piperazine rings is 1. The molecule has 0 saturated carbocycles. The number of fused-ring (bicyclic) bond motifs is 3. The first-order chi connectivity index (χ1) is 18.5. The molecule has 1 spiro atoms.